The molecule has 0 radical (unpaired) electrons. The molecule has 0 unspecified atom stereocenters. The number of aryl methyl sites for hydroxylation is 1. The van der Waals surface area contributed by atoms with Gasteiger partial charge in [0.25, 0.3) is 0 Å². The van der Waals surface area contributed by atoms with Gasteiger partial charge in [0.2, 0.25) is 0 Å². The van der Waals surface area contributed by atoms with E-state index >= 15 is 0 Å². The van der Waals surface area contributed by atoms with Gasteiger partial charge in [0.1, 0.15) is 0 Å². The topological polar surface area (TPSA) is 0 Å². The lowest BCUT2D eigenvalue weighted by atomic mass is 10.2. The van der Waals surface area contributed by atoms with Gasteiger partial charge in [-0.2, -0.15) is 0 Å². The first-order valence-corrected chi connectivity index (χ1v) is 3.16. The van der Waals surface area contributed by atoms with E-state index in [-0.39, 0.29) is 0 Å². The largest absolute Gasteiger partial charge is 0.101 e. The van der Waals surface area contributed by atoms with Crippen molar-refractivity contribution >= 4 is 0 Å². The smallest absolute Gasteiger partial charge is 0.0747 e. The van der Waals surface area contributed by atoms with Gasteiger partial charge in [0.15, 0.2) is 0 Å². The van der Waals surface area contributed by atoms with E-state index in [1.807, 2.05) is 26.0 Å². The third-order valence-electron chi connectivity index (χ3n) is 1.15. The molecule has 0 spiro atoms. The third-order valence-corrected chi connectivity index (χ3v) is 1.15. The Kier molecular flexibility index (Phi) is 1.98. The number of rotatable bonds is 0. The van der Waals surface area contributed by atoms with Crippen LogP contribution in [0.15, 0.2) is 12.1 Å². The zero-order valence-corrected chi connectivity index (χ0v) is 6.15. The molecule has 0 aromatic heterocycles. The molecule has 0 amide bonds. The molecule has 1 rings (SSSR count). The first-order valence-electron chi connectivity index (χ1n) is 3.16. The zero-order chi connectivity index (χ0) is 7.40. The van der Waals surface area contributed by atoms with Crippen LogP contribution in [0.2, 0.25) is 0 Å². The van der Waals surface area contributed by atoms with Crippen molar-refractivity contribution in [2.75, 3.05) is 0 Å². The maximum Gasteiger partial charge on any atom is 0.0747 e. The van der Waals surface area contributed by atoms with Crippen LogP contribution in [0.3, 0.4) is 0 Å². The fourth-order valence-corrected chi connectivity index (χ4v) is 0.665. The minimum Gasteiger partial charge on any atom is -0.101 e. The molecule has 0 heteroatoms. The van der Waals surface area contributed by atoms with Gasteiger partial charge in [-0.25, -0.2) is 0 Å². The minimum absolute atomic E-state index is 0.910. The van der Waals surface area contributed by atoms with E-state index in [2.05, 4.69) is 24.0 Å². The van der Waals surface area contributed by atoms with Gasteiger partial charge in [0, 0.05) is 0 Å². The summed E-state index contributed by atoms with van der Waals surface area (Å²) in [6, 6.07) is 9.83. The summed E-state index contributed by atoms with van der Waals surface area (Å²) in [7, 11) is 0. The van der Waals surface area contributed by atoms with E-state index in [0.29, 0.717) is 0 Å². The molecule has 0 N–H and O–H groups in total. The van der Waals surface area contributed by atoms with Crippen molar-refractivity contribution < 1.29 is 0 Å². The molecular weight excluding hydrogens is 120 g/mol. The van der Waals surface area contributed by atoms with Gasteiger partial charge in [-0.05, 0) is 31.5 Å². The SMILES string of the molecule is CC#Cc1c#cc(C)cc1. The van der Waals surface area contributed by atoms with E-state index in [4.69, 9.17) is 0 Å². The molecule has 0 fully saturated rings. The first kappa shape index (κ1) is 6.72. The van der Waals surface area contributed by atoms with Crippen LogP contribution in [-0.4, -0.2) is 0 Å². The Morgan fingerprint density at radius 1 is 1.30 bits per heavy atom. The van der Waals surface area contributed by atoms with Crippen LogP contribution in [0.1, 0.15) is 18.1 Å². The Hall–Kier alpha value is -1.40. The lowest BCUT2D eigenvalue weighted by Gasteiger charge is -1.83. The molecule has 0 bridgehead atoms. The number of hydrogen-bond acceptors (Lipinski definition) is 0. The van der Waals surface area contributed by atoms with Gasteiger partial charge >= 0.3 is 0 Å². The zero-order valence-electron chi connectivity index (χ0n) is 6.15. The lowest BCUT2D eigenvalue weighted by molar-refractivity contribution is 1.48. The van der Waals surface area contributed by atoms with Gasteiger partial charge in [-0.3, -0.25) is 0 Å². The monoisotopic (exact) mass is 128 g/mol. The summed E-state index contributed by atoms with van der Waals surface area (Å²) in [5.74, 6) is 5.70. The predicted molar refractivity (Wildman–Crippen MR) is 41.4 cm³/mol. The highest BCUT2D eigenvalue weighted by atomic mass is 13.8. The van der Waals surface area contributed by atoms with Crippen molar-refractivity contribution in [1.29, 1.82) is 0 Å². The molecule has 0 aliphatic rings. The second kappa shape index (κ2) is 2.95. The quantitative estimate of drug-likeness (QED) is 0.468. The van der Waals surface area contributed by atoms with Gasteiger partial charge in [-0.1, -0.05) is 18.1 Å². The van der Waals surface area contributed by atoms with E-state index in [1.54, 1.807) is 0 Å². The fraction of sp³-hybridized carbons (Fsp3) is 0.200. The normalized spacial score (nSPS) is 7.40. The van der Waals surface area contributed by atoms with Crippen molar-refractivity contribution in [2.24, 2.45) is 0 Å². The van der Waals surface area contributed by atoms with Crippen molar-refractivity contribution in [2.45, 2.75) is 13.8 Å². The average Bonchev–Trinajstić information content (AvgIpc) is 1.95. The standard InChI is InChI=1S/C10H8/c1-3-4-10-7-5-9(2)6-8-10/h5,7H,1-2H3. The highest BCUT2D eigenvalue weighted by molar-refractivity contribution is 5.30. The highest BCUT2D eigenvalue weighted by Gasteiger charge is 1.81. The van der Waals surface area contributed by atoms with Crippen LogP contribution >= 0.6 is 0 Å². The lowest BCUT2D eigenvalue weighted by Crippen LogP contribution is -1.70. The summed E-state index contributed by atoms with van der Waals surface area (Å²) in [6.45, 7) is 3.80. The molecule has 0 nitrogen and oxygen atoms in total. The summed E-state index contributed by atoms with van der Waals surface area (Å²) >= 11 is 0. The summed E-state index contributed by atoms with van der Waals surface area (Å²) in [5, 5.41) is 0. The maximum atomic E-state index is 2.96. The van der Waals surface area contributed by atoms with Crippen molar-refractivity contribution in [3.63, 3.8) is 0 Å². The Bertz CT molecular complexity index is 256. The molecule has 1 aromatic carbocycles. The summed E-state index contributed by atoms with van der Waals surface area (Å²) in [4.78, 5) is 0. The van der Waals surface area contributed by atoms with Crippen molar-refractivity contribution in [3.05, 3.63) is 35.4 Å². The van der Waals surface area contributed by atoms with Gasteiger partial charge in [0.05, 0.1) is 5.56 Å². The van der Waals surface area contributed by atoms with Gasteiger partial charge < -0.3 is 0 Å². The summed E-state index contributed by atoms with van der Waals surface area (Å²) in [6.07, 6.45) is 0. The van der Waals surface area contributed by atoms with Crippen LogP contribution in [0, 0.1) is 30.9 Å². The van der Waals surface area contributed by atoms with E-state index in [9.17, 15) is 0 Å². The summed E-state index contributed by atoms with van der Waals surface area (Å²) < 4.78 is 0. The Morgan fingerprint density at radius 3 is 2.60 bits per heavy atom. The fourth-order valence-electron chi connectivity index (χ4n) is 0.665. The molecule has 0 saturated carbocycles. The second-order valence-electron chi connectivity index (χ2n) is 2.06. The predicted octanol–water partition coefficient (Wildman–Crippen LogP) is 1.97. The van der Waals surface area contributed by atoms with Crippen LogP contribution in [-0.2, 0) is 0 Å². The molecule has 10 heavy (non-hydrogen) atoms. The Labute approximate surface area is 61.9 Å². The minimum atomic E-state index is 0.910. The molecular formula is C10H8. The van der Waals surface area contributed by atoms with Gasteiger partial charge in [-0.15, -0.1) is 5.92 Å². The molecule has 48 valence electrons. The van der Waals surface area contributed by atoms with Crippen LogP contribution in [0.25, 0.3) is 0 Å². The maximum absolute atomic E-state index is 2.96. The van der Waals surface area contributed by atoms with Crippen LogP contribution in [0.5, 0.6) is 0 Å². The molecule has 0 heterocycles. The average molecular weight is 128 g/mol. The van der Waals surface area contributed by atoms with Crippen molar-refractivity contribution in [1.82, 2.24) is 0 Å². The van der Waals surface area contributed by atoms with Crippen LogP contribution < -0.4 is 0 Å². The van der Waals surface area contributed by atoms with Crippen LogP contribution in [0.4, 0.5) is 0 Å². The highest BCUT2D eigenvalue weighted by Crippen LogP contribution is 1.93. The third kappa shape index (κ3) is 1.54. The molecule has 0 atom stereocenters. The Balaban J connectivity index is 2.97. The molecule has 0 saturated heterocycles. The molecule has 1 aromatic rings. The van der Waals surface area contributed by atoms with E-state index in [1.165, 1.54) is 0 Å². The van der Waals surface area contributed by atoms with E-state index < -0.39 is 0 Å². The van der Waals surface area contributed by atoms with E-state index in [0.717, 1.165) is 11.1 Å². The van der Waals surface area contributed by atoms with Crippen molar-refractivity contribution in [3.8, 4) is 11.8 Å². The number of hydrogen-bond donors (Lipinski definition) is 0. The molecule has 0 aliphatic heterocycles. The second-order valence-corrected chi connectivity index (χ2v) is 2.06. The summed E-state index contributed by atoms with van der Waals surface area (Å²) in [5.41, 5.74) is 2.01. The Morgan fingerprint density at radius 2 is 2.10 bits per heavy atom. The molecule has 0 aliphatic carbocycles. The first-order chi connectivity index (χ1) is 4.83.